The number of hydrogen-bond acceptors (Lipinski definition) is 5. The first-order valence-corrected chi connectivity index (χ1v) is 7.84. The van der Waals surface area contributed by atoms with Crippen molar-refractivity contribution in [3.63, 3.8) is 0 Å². The molecule has 2 heterocycles. The Labute approximate surface area is 130 Å². The minimum absolute atomic E-state index is 0.104. The van der Waals surface area contributed by atoms with Crippen molar-refractivity contribution >= 4 is 21.6 Å². The highest BCUT2D eigenvalue weighted by Crippen LogP contribution is 2.27. The summed E-state index contributed by atoms with van der Waals surface area (Å²) in [5, 5.41) is 11.1. The molecular formula is C14H17BrN4O2. The zero-order chi connectivity index (χ0) is 14.8. The molecule has 1 fully saturated rings. The maximum atomic E-state index is 12.5. The predicted molar refractivity (Wildman–Crippen MR) is 82.1 cm³/mol. The Kier molecular flexibility index (Phi) is 4.10. The SMILES string of the molecule is Cc1cc(CNc2c(Br)cnn(CC3CCC3)c2=O)on1. The number of aryl methyl sites for hydroxylation is 1. The van der Waals surface area contributed by atoms with Crippen molar-refractivity contribution in [2.45, 2.75) is 39.3 Å². The average molecular weight is 353 g/mol. The lowest BCUT2D eigenvalue weighted by atomic mass is 9.85. The molecule has 0 radical (unpaired) electrons. The minimum Gasteiger partial charge on any atom is -0.372 e. The molecule has 0 unspecified atom stereocenters. The monoisotopic (exact) mass is 352 g/mol. The van der Waals surface area contributed by atoms with E-state index in [4.69, 9.17) is 4.52 Å². The maximum absolute atomic E-state index is 12.5. The summed E-state index contributed by atoms with van der Waals surface area (Å²) in [5.41, 5.74) is 1.23. The molecule has 112 valence electrons. The van der Waals surface area contributed by atoms with Crippen LogP contribution in [0.4, 0.5) is 5.69 Å². The third-order valence-electron chi connectivity index (χ3n) is 3.77. The second-order valence-corrected chi connectivity index (χ2v) is 6.29. The van der Waals surface area contributed by atoms with Crippen molar-refractivity contribution in [3.8, 4) is 0 Å². The molecule has 0 amide bonds. The highest BCUT2D eigenvalue weighted by Gasteiger charge is 2.20. The van der Waals surface area contributed by atoms with Crippen LogP contribution in [0, 0.1) is 12.8 Å². The van der Waals surface area contributed by atoms with Gasteiger partial charge in [-0.15, -0.1) is 0 Å². The second kappa shape index (κ2) is 6.01. The fraction of sp³-hybridized carbons (Fsp3) is 0.500. The van der Waals surface area contributed by atoms with E-state index < -0.39 is 0 Å². The molecule has 2 aromatic heterocycles. The van der Waals surface area contributed by atoms with Gasteiger partial charge in [-0.1, -0.05) is 11.6 Å². The first kappa shape index (κ1) is 14.3. The first-order chi connectivity index (χ1) is 10.1. The van der Waals surface area contributed by atoms with Crippen molar-refractivity contribution in [2.24, 2.45) is 5.92 Å². The van der Waals surface area contributed by atoms with E-state index in [1.807, 2.05) is 13.0 Å². The zero-order valence-corrected chi connectivity index (χ0v) is 13.4. The van der Waals surface area contributed by atoms with Gasteiger partial charge in [-0.2, -0.15) is 5.10 Å². The topological polar surface area (TPSA) is 73.0 Å². The summed E-state index contributed by atoms with van der Waals surface area (Å²) >= 11 is 3.37. The molecule has 6 nitrogen and oxygen atoms in total. The van der Waals surface area contributed by atoms with E-state index in [0.29, 0.717) is 34.9 Å². The lowest BCUT2D eigenvalue weighted by Crippen LogP contribution is -2.30. The van der Waals surface area contributed by atoms with Crippen LogP contribution in [-0.2, 0) is 13.1 Å². The van der Waals surface area contributed by atoms with Gasteiger partial charge in [0, 0.05) is 12.6 Å². The van der Waals surface area contributed by atoms with Gasteiger partial charge in [-0.25, -0.2) is 4.68 Å². The molecule has 1 aliphatic carbocycles. The normalized spacial score (nSPS) is 15.0. The summed E-state index contributed by atoms with van der Waals surface area (Å²) < 4.78 is 7.34. The first-order valence-electron chi connectivity index (χ1n) is 7.05. The van der Waals surface area contributed by atoms with Crippen LogP contribution in [0.2, 0.25) is 0 Å². The average Bonchev–Trinajstić information content (AvgIpc) is 2.81. The molecule has 0 bridgehead atoms. The highest BCUT2D eigenvalue weighted by molar-refractivity contribution is 9.10. The van der Waals surface area contributed by atoms with E-state index in [-0.39, 0.29) is 5.56 Å². The summed E-state index contributed by atoms with van der Waals surface area (Å²) in [4.78, 5) is 12.5. The third-order valence-corrected chi connectivity index (χ3v) is 4.37. The van der Waals surface area contributed by atoms with Gasteiger partial charge in [-0.3, -0.25) is 4.79 Å². The molecule has 1 N–H and O–H groups in total. The Morgan fingerprint density at radius 3 is 2.95 bits per heavy atom. The highest BCUT2D eigenvalue weighted by atomic mass is 79.9. The fourth-order valence-corrected chi connectivity index (χ4v) is 2.76. The molecule has 0 atom stereocenters. The zero-order valence-electron chi connectivity index (χ0n) is 11.8. The standard InChI is InChI=1S/C14H17BrN4O2/c1-9-5-11(21-18-9)6-16-13-12(15)7-17-19(14(13)20)8-10-3-2-4-10/h5,7,10,16H,2-4,6,8H2,1H3. The molecule has 3 rings (SSSR count). The summed E-state index contributed by atoms with van der Waals surface area (Å²) in [6.45, 7) is 2.98. The number of nitrogens with one attached hydrogen (secondary N) is 1. The molecule has 0 aliphatic heterocycles. The number of anilines is 1. The van der Waals surface area contributed by atoms with Gasteiger partial charge in [-0.05, 0) is 41.6 Å². The van der Waals surface area contributed by atoms with E-state index in [0.717, 1.165) is 5.69 Å². The van der Waals surface area contributed by atoms with Crippen LogP contribution in [0.15, 0.2) is 26.1 Å². The molecule has 0 saturated heterocycles. The largest absolute Gasteiger partial charge is 0.372 e. The van der Waals surface area contributed by atoms with Crippen molar-refractivity contribution < 1.29 is 4.52 Å². The van der Waals surface area contributed by atoms with E-state index >= 15 is 0 Å². The summed E-state index contributed by atoms with van der Waals surface area (Å²) in [6, 6.07) is 1.84. The van der Waals surface area contributed by atoms with E-state index in [1.54, 1.807) is 10.9 Å². The second-order valence-electron chi connectivity index (χ2n) is 5.44. The molecule has 0 spiro atoms. The number of hydrogen-bond donors (Lipinski definition) is 1. The summed E-state index contributed by atoms with van der Waals surface area (Å²) in [6.07, 6.45) is 5.29. The van der Waals surface area contributed by atoms with Crippen LogP contribution in [0.5, 0.6) is 0 Å². The molecule has 7 heteroatoms. The minimum atomic E-state index is -0.104. The van der Waals surface area contributed by atoms with Crippen molar-refractivity contribution in [3.05, 3.63) is 38.5 Å². The molecule has 2 aromatic rings. The van der Waals surface area contributed by atoms with Gasteiger partial charge < -0.3 is 9.84 Å². The van der Waals surface area contributed by atoms with Crippen LogP contribution < -0.4 is 10.9 Å². The molecular weight excluding hydrogens is 336 g/mol. The Bertz CT molecular complexity index is 691. The van der Waals surface area contributed by atoms with Crippen molar-refractivity contribution in [1.82, 2.24) is 14.9 Å². The van der Waals surface area contributed by atoms with Crippen LogP contribution in [0.3, 0.4) is 0 Å². The van der Waals surface area contributed by atoms with Crippen LogP contribution >= 0.6 is 15.9 Å². The molecule has 1 aliphatic rings. The Balaban J connectivity index is 1.76. The van der Waals surface area contributed by atoms with Gasteiger partial charge in [0.1, 0.15) is 5.69 Å². The Morgan fingerprint density at radius 2 is 2.33 bits per heavy atom. The fourth-order valence-electron chi connectivity index (χ4n) is 2.35. The van der Waals surface area contributed by atoms with Crippen LogP contribution in [-0.4, -0.2) is 14.9 Å². The molecule has 21 heavy (non-hydrogen) atoms. The Morgan fingerprint density at radius 1 is 1.52 bits per heavy atom. The van der Waals surface area contributed by atoms with Crippen LogP contribution in [0.25, 0.3) is 0 Å². The smallest absolute Gasteiger partial charge is 0.291 e. The van der Waals surface area contributed by atoms with Gasteiger partial charge >= 0.3 is 0 Å². The summed E-state index contributed by atoms with van der Waals surface area (Å²) in [5.74, 6) is 1.28. The quantitative estimate of drug-likeness (QED) is 0.895. The van der Waals surface area contributed by atoms with E-state index in [2.05, 4.69) is 31.5 Å². The van der Waals surface area contributed by atoms with E-state index in [9.17, 15) is 4.79 Å². The third kappa shape index (κ3) is 3.18. The predicted octanol–water partition coefficient (Wildman–Crippen LogP) is 2.71. The van der Waals surface area contributed by atoms with Gasteiger partial charge in [0.25, 0.3) is 5.56 Å². The number of rotatable bonds is 5. The summed E-state index contributed by atoms with van der Waals surface area (Å²) in [7, 11) is 0. The number of aromatic nitrogens is 3. The van der Waals surface area contributed by atoms with Crippen LogP contribution in [0.1, 0.15) is 30.7 Å². The van der Waals surface area contributed by atoms with Gasteiger partial charge in [0.15, 0.2) is 5.76 Å². The Hall–Kier alpha value is -1.63. The van der Waals surface area contributed by atoms with E-state index in [1.165, 1.54) is 19.3 Å². The van der Waals surface area contributed by atoms with Crippen molar-refractivity contribution in [1.29, 1.82) is 0 Å². The number of nitrogens with zero attached hydrogens (tertiary/aromatic N) is 3. The molecule has 1 saturated carbocycles. The molecule has 0 aromatic carbocycles. The maximum Gasteiger partial charge on any atom is 0.291 e. The van der Waals surface area contributed by atoms with Gasteiger partial charge in [0.05, 0.1) is 22.9 Å². The number of halogens is 1. The lowest BCUT2D eigenvalue weighted by molar-refractivity contribution is 0.262. The van der Waals surface area contributed by atoms with Crippen molar-refractivity contribution in [2.75, 3.05) is 5.32 Å². The lowest BCUT2D eigenvalue weighted by Gasteiger charge is -2.25. The van der Waals surface area contributed by atoms with Gasteiger partial charge in [0.2, 0.25) is 0 Å².